The number of rotatable bonds is 4. The van der Waals surface area contributed by atoms with Crippen molar-refractivity contribution in [3.05, 3.63) is 65.7 Å². The van der Waals surface area contributed by atoms with Crippen LogP contribution in [0.5, 0.6) is 0 Å². The van der Waals surface area contributed by atoms with Crippen molar-refractivity contribution >= 4 is 22.5 Å². The van der Waals surface area contributed by atoms with E-state index >= 15 is 0 Å². The molecule has 2 heterocycles. The third kappa shape index (κ3) is 4.41. The third-order valence-corrected chi connectivity index (χ3v) is 5.71. The van der Waals surface area contributed by atoms with Crippen LogP contribution in [0.15, 0.2) is 59.7 Å². The van der Waals surface area contributed by atoms with Gasteiger partial charge in [0.2, 0.25) is 0 Å². The summed E-state index contributed by atoms with van der Waals surface area (Å²) >= 11 is 0. The lowest BCUT2D eigenvalue weighted by Crippen LogP contribution is -2.32. The number of fused-ring (bicyclic) bond motifs is 1. The van der Waals surface area contributed by atoms with Crippen LogP contribution in [0.3, 0.4) is 0 Å². The molecule has 0 spiro atoms. The van der Waals surface area contributed by atoms with Gasteiger partial charge < -0.3 is 4.90 Å². The predicted molar refractivity (Wildman–Crippen MR) is 123 cm³/mol. The maximum atomic E-state index is 13.0. The highest BCUT2D eigenvalue weighted by atomic mass is 16.2. The molecule has 0 radical (unpaired) electrons. The number of likely N-dealkylation sites (tertiary alicyclic amines) is 1. The van der Waals surface area contributed by atoms with Gasteiger partial charge >= 0.3 is 0 Å². The first kappa shape index (κ1) is 20.2. The molecule has 4 rings (SSSR count). The molecule has 5 heteroatoms. The fourth-order valence-corrected chi connectivity index (χ4v) is 3.73. The number of hydrogen-bond acceptors (Lipinski definition) is 4. The summed E-state index contributed by atoms with van der Waals surface area (Å²) in [4.78, 5) is 20.1. The Bertz CT molecular complexity index is 1080. The van der Waals surface area contributed by atoms with Crippen LogP contribution in [0.1, 0.15) is 48.5 Å². The van der Waals surface area contributed by atoms with Gasteiger partial charge in [-0.15, -0.1) is 0 Å². The second-order valence-corrected chi connectivity index (χ2v) is 8.27. The second kappa shape index (κ2) is 8.76. The van der Waals surface area contributed by atoms with E-state index in [0.29, 0.717) is 11.5 Å². The van der Waals surface area contributed by atoms with Crippen LogP contribution in [-0.4, -0.2) is 41.6 Å². The Kier molecular flexibility index (Phi) is 5.91. The highest BCUT2D eigenvalue weighted by Gasteiger charge is 2.15. The molecule has 154 valence electrons. The van der Waals surface area contributed by atoms with Crippen molar-refractivity contribution in [3.8, 4) is 11.3 Å². The van der Waals surface area contributed by atoms with E-state index in [4.69, 9.17) is 4.98 Å². The van der Waals surface area contributed by atoms with Crippen LogP contribution in [-0.2, 0) is 0 Å². The fraction of sp³-hybridized carbons (Fsp3) is 0.320. The quantitative estimate of drug-likeness (QED) is 0.638. The minimum atomic E-state index is -0.194. The average molecular weight is 401 g/mol. The lowest BCUT2D eigenvalue weighted by Gasteiger charge is -2.22. The zero-order chi connectivity index (χ0) is 21.1. The lowest BCUT2D eigenvalue weighted by atomic mass is 9.99. The Balaban J connectivity index is 1.66. The van der Waals surface area contributed by atoms with E-state index in [1.165, 1.54) is 5.56 Å². The fourth-order valence-electron chi connectivity index (χ4n) is 3.73. The maximum absolute atomic E-state index is 13.0. The van der Waals surface area contributed by atoms with Crippen molar-refractivity contribution in [3.63, 3.8) is 0 Å². The molecule has 0 saturated carbocycles. The number of nitrogens with zero attached hydrogens (tertiary/aromatic N) is 3. The van der Waals surface area contributed by atoms with E-state index in [1.807, 2.05) is 30.3 Å². The number of pyridine rings is 1. The Morgan fingerprint density at radius 1 is 1.07 bits per heavy atom. The first-order chi connectivity index (χ1) is 14.5. The van der Waals surface area contributed by atoms with E-state index in [1.54, 1.807) is 0 Å². The minimum absolute atomic E-state index is 0.194. The molecule has 30 heavy (non-hydrogen) atoms. The summed E-state index contributed by atoms with van der Waals surface area (Å²) in [6.07, 6.45) is 1.78. The van der Waals surface area contributed by atoms with Crippen molar-refractivity contribution in [1.29, 1.82) is 0 Å². The molecule has 0 aliphatic carbocycles. The minimum Gasteiger partial charge on any atom is -0.306 e. The van der Waals surface area contributed by atoms with Crippen LogP contribution in [0.4, 0.5) is 0 Å². The molecule has 0 atom stereocenters. The van der Waals surface area contributed by atoms with Gasteiger partial charge in [-0.25, -0.2) is 10.4 Å². The van der Waals surface area contributed by atoms with E-state index in [9.17, 15) is 4.79 Å². The highest BCUT2D eigenvalue weighted by molar-refractivity contribution is 6.07. The monoisotopic (exact) mass is 400 g/mol. The number of aromatic nitrogens is 1. The Hall–Kier alpha value is -3.05. The maximum Gasteiger partial charge on any atom is 0.272 e. The summed E-state index contributed by atoms with van der Waals surface area (Å²) < 4.78 is 0. The molecular formula is C25H28N4O. The standard InChI is InChI=1S/C25H28N4O/c1-17(2)18-8-10-19(11-9-18)24-16-22(21-6-4-5-7-23(21)26-24)25(30)28-27-20-12-14-29(3)15-13-20/h4-11,16-17H,12-15H2,1-3H3,(H,28,30). The predicted octanol–water partition coefficient (Wildman–Crippen LogP) is 4.84. The van der Waals surface area contributed by atoms with Gasteiger partial charge in [-0.3, -0.25) is 4.79 Å². The number of hydrazone groups is 1. The molecule has 1 saturated heterocycles. The Morgan fingerprint density at radius 2 is 1.77 bits per heavy atom. The van der Waals surface area contributed by atoms with E-state index in [2.05, 4.69) is 60.6 Å². The average Bonchev–Trinajstić information content (AvgIpc) is 2.77. The van der Waals surface area contributed by atoms with Gasteiger partial charge in [-0.05, 0) is 30.7 Å². The molecule has 1 fully saturated rings. The first-order valence-corrected chi connectivity index (χ1v) is 10.6. The number of hydrogen-bond donors (Lipinski definition) is 1. The summed E-state index contributed by atoms with van der Waals surface area (Å²) in [5.74, 6) is 0.281. The molecular weight excluding hydrogens is 372 g/mol. The normalized spacial score (nSPS) is 14.9. The van der Waals surface area contributed by atoms with Crippen molar-refractivity contribution in [1.82, 2.24) is 15.3 Å². The number of piperidine rings is 1. The van der Waals surface area contributed by atoms with E-state index < -0.39 is 0 Å². The third-order valence-electron chi connectivity index (χ3n) is 5.71. The van der Waals surface area contributed by atoms with Gasteiger partial charge in [0.25, 0.3) is 5.91 Å². The number of carbonyl (C=O) groups excluding carboxylic acids is 1. The molecule has 5 nitrogen and oxygen atoms in total. The number of amides is 1. The molecule has 2 aromatic carbocycles. The summed E-state index contributed by atoms with van der Waals surface area (Å²) in [7, 11) is 2.10. The van der Waals surface area contributed by atoms with Crippen molar-refractivity contribution in [2.75, 3.05) is 20.1 Å². The van der Waals surface area contributed by atoms with E-state index in [-0.39, 0.29) is 5.91 Å². The molecule has 0 bridgehead atoms. The number of nitrogens with one attached hydrogen (secondary N) is 1. The lowest BCUT2D eigenvalue weighted by molar-refractivity contribution is 0.0956. The number of para-hydroxylation sites is 1. The van der Waals surface area contributed by atoms with Gasteiger partial charge in [0.1, 0.15) is 0 Å². The van der Waals surface area contributed by atoms with Gasteiger partial charge in [0.15, 0.2) is 0 Å². The SMILES string of the molecule is CC(C)c1ccc(-c2cc(C(=O)NN=C3CCN(C)CC3)c3ccccc3n2)cc1. The highest BCUT2D eigenvalue weighted by Crippen LogP contribution is 2.26. The van der Waals surface area contributed by atoms with Crippen molar-refractivity contribution in [2.45, 2.75) is 32.6 Å². The smallest absolute Gasteiger partial charge is 0.272 e. The Labute approximate surface area is 177 Å². The molecule has 1 aliphatic rings. The first-order valence-electron chi connectivity index (χ1n) is 10.6. The topological polar surface area (TPSA) is 57.6 Å². The molecule has 0 unspecified atom stereocenters. The molecule has 1 aromatic heterocycles. The van der Waals surface area contributed by atoms with Crippen LogP contribution in [0.2, 0.25) is 0 Å². The molecule has 1 N–H and O–H groups in total. The molecule has 1 aliphatic heterocycles. The van der Waals surface area contributed by atoms with Gasteiger partial charge in [0.05, 0.1) is 16.8 Å². The van der Waals surface area contributed by atoms with Crippen LogP contribution >= 0.6 is 0 Å². The summed E-state index contributed by atoms with van der Waals surface area (Å²) in [6, 6.07) is 18.0. The zero-order valence-electron chi connectivity index (χ0n) is 17.9. The molecule has 1 amide bonds. The van der Waals surface area contributed by atoms with Crippen LogP contribution < -0.4 is 5.43 Å². The summed E-state index contributed by atoms with van der Waals surface area (Å²) in [6.45, 7) is 6.31. The second-order valence-electron chi connectivity index (χ2n) is 8.27. The van der Waals surface area contributed by atoms with Crippen molar-refractivity contribution < 1.29 is 4.79 Å². The van der Waals surface area contributed by atoms with Crippen LogP contribution in [0.25, 0.3) is 22.2 Å². The summed E-state index contributed by atoms with van der Waals surface area (Å²) in [5.41, 5.74) is 8.31. The number of benzene rings is 2. The van der Waals surface area contributed by atoms with Gasteiger partial charge in [-0.1, -0.05) is 56.3 Å². The number of carbonyl (C=O) groups is 1. The zero-order valence-corrected chi connectivity index (χ0v) is 17.9. The van der Waals surface area contributed by atoms with Crippen molar-refractivity contribution in [2.24, 2.45) is 5.10 Å². The van der Waals surface area contributed by atoms with E-state index in [0.717, 1.165) is 53.8 Å². The van der Waals surface area contributed by atoms with Gasteiger partial charge in [0, 0.05) is 42.6 Å². The van der Waals surface area contributed by atoms with Gasteiger partial charge in [-0.2, -0.15) is 5.10 Å². The largest absolute Gasteiger partial charge is 0.306 e. The summed E-state index contributed by atoms with van der Waals surface area (Å²) in [5, 5.41) is 5.24. The molecule has 3 aromatic rings. The van der Waals surface area contributed by atoms with Crippen LogP contribution in [0, 0.1) is 0 Å². The Morgan fingerprint density at radius 3 is 2.47 bits per heavy atom.